The minimum absolute atomic E-state index is 0.00252. The molecule has 0 aromatic heterocycles. The average molecular weight is 1330 g/mol. The lowest BCUT2D eigenvalue weighted by atomic mass is 9.74. The summed E-state index contributed by atoms with van der Waals surface area (Å²) in [6.45, 7) is 9.17. The zero-order valence-electron chi connectivity index (χ0n) is 50.1. The third kappa shape index (κ3) is 20.0. The van der Waals surface area contributed by atoms with Gasteiger partial charge in [-0.2, -0.15) is 33.7 Å². The Balaban J connectivity index is 1.26. The largest absolute Gasteiger partial charge is 0.446 e. The third-order valence-corrected chi connectivity index (χ3v) is 18.2. The first-order valence-corrected chi connectivity index (χ1v) is 34.1. The SMILES string of the molecule is COCCNc1ccc2c(S(=O)(=O)O)cc(S(=O)(=O)O)cc2c1C(C)(C/C=C/C=C1/N(CCOCCOCCOCCOCCC(=O)OC2C(=O)CCC2=O)c2ccc3c(S(=O)(=O)O)cc(S(=O)(=O)O)cc3c2C1(C)C)CCOCCOCCOCCOC. The number of nitrogens with one attached hydrogen (secondary N) is 1. The van der Waals surface area contributed by atoms with Gasteiger partial charge in [0.2, 0.25) is 6.10 Å². The summed E-state index contributed by atoms with van der Waals surface area (Å²) in [4.78, 5) is 34.2. The predicted molar refractivity (Wildman–Crippen MR) is 323 cm³/mol. The first-order chi connectivity index (χ1) is 42.0. The van der Waals surface area contributed by atoms with Crippen molar-refractivity contribution < 1.29 is 114 Å². The van der Waals surface area contributed by atoms with Crippen LogP contribution in [0.4, 0.5) is 11.4 Å². The van der Waals surface area contributed by atoms with Crippen LogP contribution in [0.1, 0.15) is 64.0 Å². The summed E-state index contributed by atoms with van der Waals surface area (Å²) in [5.74, 6) is -1.54. The highest BCUT2D eigenvalue weighted by molar-refractivity contribution is 7.87. The Morgan fingerprint density at radius 1 is 0.607 bits per heavy atom. The summed E-state index contributed by atoms with van der Waals surface area (Å²) in [5, 5.41) is 3.39. The summed E-state index contributed by atoms with van der Waals surface area (Å²) in [6, 6.07) is 9.66. The minimum Gasteiger partial charge on any atom is -0.446 e. The molecule has 1 aliphatic heterocycles. The number of fused-ring (bicyclic) bond motifs is 4. The number of allylic oxidation sites excluding steroid dienone is 4. The fourth-order valence-electron chi connectivity index (χ4n) is 10.4. The average Bonchev–Trinajstić information content (AvgIpc) is 1.67. The molecule has 5 N–H and O–H groups in total. The number of carbonyl (C=O) groups excluding carboxylic acids is 3. The molecule has 4 aromatic carbocycles. The van der Waals surface area contributed by atoms with Gasteiger partial charge < -0.3 is 57.6 Å². The molecule has 494 valence electrons. The molecule has 2 aliphatic rings. The van der Waals surface area contributed by atoms with Crippen LogP contribution in [0.25, 0.3) is 21.5 Å². The van der Waals surface area contributed by atoms with Crippen molar-refractivity contribution in [3.05, 3.63) is 83.6 Å². The number of Topliss-reactive ketones (excluding diaryl/α,β-unsaturated/α-hetero) is 2. The molecule has 1 atom stereocenters. The monoisotopic (exact) mass is 1330 g/mol. The maximum atomic E-state index is 13.0. The zero-order chi connectivity index (χ0) is 65.2. The van der Waals surface area contributed by atoms with Gasteiger partial charge in [0.1, 0.15) is 9.79 Å². The molecule has 0 saturated heterocycles. The van der Waals surface area contributed by atoms with E-state index in [0.717, 1.165) is 12.1 Å². The Morgan fingerprint density at radius 3 is 1.60 bits per heavy atom. The smallest absolute Gasteiger partial charge is 0.309 e. The molecule has 1 aliphatic carbocycles. The van der Waals surface area contributed by atoms with E-state index in [1.807, 2.05) is 31.7 Å². The van der Waals surface area contributed by atoms with E-state index in [-0.39, 0.29) is 146 Å². The van der Waals surface area contributed by atoms with E-state index in [0.29, 0.717) is 66.8 Å². The number of carbonyl (C=O) groups is 3. The van der Waals surface area contributed by atoms with Gasteiger partial charge in [-0.15, -0.1) is 0 Å². The van der Waals surface area contributed by atoms with Crippen LogP contribution in [-0.4, -0.2) is 209 Å². The Labute approximate surface area is 518 Å². The Morgan fingerprint density at radius 2 is 1.08 bits per heavy atom. The lowest BCUT2D eigenvalue weighted by molar-refractivity contribution is -0.158. The molecule has 4 aromatic rings. The van der Waals surface area contributed by atoms with Gasteiger partial charge in [-0.05, 0) is 77.2 Å². The van der Waals surface area contributed by atoms with E-state index in [4.69, 9.17) is 47.4 Å². The molecule has 0 amide bonds. The van der Waals surface area contributed by atoms with Crippen LogP contribution in [0.5, 0.6) is 0 Å². The second-order valence-corrected chi connectivity index (χ2v) is 27.0. The van der Waals surface area contributed by atoms with E-state index in [1.165, 1.54) is 19.2 Å². The number of nitrogens with zero attached hydrogens (tertiary/aromatic N) is 1. The van der Waals surface area contributed by atoms with Crippen LogP contribution in [0.2, 0.25) is 0 Å². The van der Waals surface area contributed by atoms with Gasteiger partial charge in [0.25, 0.3) is 40.5 Å². The topological polar surface area (TPSA) is 376 Å². The Bertz CT molecular complexity index is 3650. The van der Waals surface area contributed by atoms with Crippen molar-refractivity contribution in [1.29, 1.82) is 0 Å². The van der Waals surface area contributed by atoms with Crippen LogP contribution in [0.15, 0.2) is 92.0 Å². The second kappa shape index (κ2) is 32.7. The maximum Gasteiger partial charge on any atom is 0.309 e. The Hall–Kier alpha value is -5.43. The van der Waals surface area contributed by atoms with E-state index in [1.54, 1.807) is 31.4 Å². The summed E-state index contributed by atoms with van der Waals surface area (Å²) in [7, 11) is -17.2. The lowest BCUT2D eigenvalue weighted by Crippen LogP contribution is -2.29. The van der Waals surface area contributed by atoms with E-state index in [2.05, 4.69) is 5.32 Å². The normalized spacial score (nSPS) is 16.1. The molecule has 27 nitrogen and oxygen atoms in total. The van der Waals surface area contributed by atoms with Crippen molar-refractivity contribution >= 4 is 90.9 Å². The van der Waals surface area contributed by atoms with Gasteiger partial charge >= 0.3 is 5.97 Å². The highest BCUT2D eigenvalue weighted by atomic mass is 32.2. The van der Waals surface area contributed by atoms with Crippen molar-refractivity contribution in [2.75, 3.05) is 143 Å². The molecule has 0 spiro atoms. The summed E-state index contributed by atoms with van der Waals surface area (Å²) >= 11 is 0. The molecule has 0 radical (unpaired) electrons. The number of hydrogen-bond donors (Lipinski definition) is 5. The van der Waals surface area contributed by atoms with Gasteiger partial charge in [0.15, 0.2) is 11.6 Å². The minimum atomic E-state index is -5.10. The van der Waals surface area contributed by atoms with Crippen molar-refractivity contribution in [2.45, 2.75) is 89.4 Å². The van der Waals surface area contributed by atoms with Crippen LogP contribution in [0.3, 0.4) is 0 Å². The number of hydrogen-bond acceptors (Lipinski definition) is 23. The zero-order valence-corrected chi connectivity index (χ0v) is 53.4. The van der Waals surface area contributed by atoms with Crippen molar-refractivity contribution in [3.8, 4) is 0 Å². The molecule has 31 heteroatoms. The fraction of sp³-hybridized carbons (Fsp3) is 0.534. The van der Waals surface area contributed by atoms with Gasteiger partial charge in [0, 0.05) is 85.4 Å². The number of ether oxygens (including phenoxy) is 10. The molecule has 89 heavy (non-hydrogen) atoms. The van der Waals surface area contributed by atoms with Crippen LogP contribution in [0, 0.1) is 0 Å². The number of ketones is 2. The predicted octanol–water partition coefficient (Wildman–Crippen LogP) is 5.31. The Kier molecular flexibility index (Phi) is 26.7. The highest BCUT2D eigenvalue weighted by Crippen LogP contribution is 2.52. The summed E-state index contributed by atoms with van der Waals surface area (Å²) in [6.07, 6.45) is 4.32. The lowest BCUT2D eigenvalue weighted by Gasteiger charge is -2.33. The molecule has 0 bridgehead atoms. The fourth-order valence-corrected chi connectivity index (χ4v) is 13.1. The third-order valence-electron chi connectivity index (χ3n) is 14.8. The summed E-state index contributed by atoms with van der Waals surface area (Å²) < 4.78 is 199. The van der Waals surface area contributed by atoms with Crippen LogP contribution < -0.4 is 10.2 Å². The molecule has 1 fully saturated rings. The van der Waals surface area contributed by atoms with Gasteiger partial charge in [0.05, 0.1) is 115 Å². The van der Waals surface area contributed by atoms with Crippen molar-refractivity contribution in [3.63, 3.8) is 0 Å². The quantitative estimate of drug-likeness (QED) is 0.0163. The van der Waals surface area contributed by atoms with E-state index in [9.17, 15) is 66.3 Å². The summed E-state index contributed by atoms with van der Waals surface area (Å²) in [5.41, 5.74) is 0.175. The van der Waals surface area contributed by atoms with Gasteiger partial charge in [-0.1, -0.05) is 45.1 Å². The van der Waals surface area contributed by atoms with E-state index >= 15 is 0 Å². The molecule has 1 unspecified atom stereocenters. The second-order valence-electron chi connectivity index (χ2n) is 21.4. The van der Waals surface area contributed by atoms with Gasteiger partial charge in [-0.25, -0.2) is 0 Å². The van der Waals surface area contributed by atoms with Crippen LogP contribution in [-0.2, 0) is 113 Å². The molecule has 1 heterocycles. The van der Waals surface area contributed by atoms with Crippen molar-refractivity contribution in [1.82, 2.24) is 0 Å². The first-order valence-electron chi connectivity index (χ1n) is 28.3. The number of esters is 1. The highest BCUT2D eigenvalue weighted by Gasteiger charge is 2.42. The molecule has 1 saturated carbocycles. The number of methoxy groups -OCH3 is 2. The molecular weight excluding hydrogens is 1250 g/mol. The first kappa shape index (κ1) is 72.6. The van der Waals surface area contributed by atoms with Gasteiger partial charge in [-0.3, -0.25) is 32.6 Å². The molecular formula is C58H78N2O25S4. The maximum absolute atomic E-state index is 13.0. The van der Waals surface area contributed by atoms with Crippen LogP contribution >= 0.6 is 0 Å². The van der Waals surface area contributed by atoms with Crippen molar-refractivity contribution in [2.24, 2.45) is 0 Å². The molecule has 6 rings (SSSR count). The number of rotatable bonds is 40. The number of benzene rings is 4. The van der Waals surface area contributed by atoms with E-state index < -0.39 is 94.5 Å². The standard InChI is InChI=1S/C58H78N2O25S4/c1-57(2)52(8-6-7-16-58(3,17-21-79-27-30-83-33-32-81-25-24-77-5)54-44-36-40(86(64,65)66)38-50(88(70,71)72)42(44)9-11-46(54)59-18-22-76-4)60(47-12-10-43-45(55(47)57)37-41(87(67,68)69)39-51(43)89(73,74)75)19-23-80-28-31-84-35-34-82-29-26-78-20-15-53(63)85-56-48(61)13-14-49(56)62/h6-12,36-39,56,59H,13-35H2,1-5H3,(H,64,65,66)(H,67,68,69)(H,70,71,72)(H,73,74,75)/b7-6+,52-8+. The number of anilines is 2.